The fraction of sp³-hybridized carbons (Fsp3) is 0.429. The minimum atomic E-state index is -0.211. The Morgan fingerprint density at radius 3 is 2.54 bits per heavy atom. The Labute approximate surface area is 152 Å². The largest absolute Gasteiger partial charge is 0.333 e. The van der Waals surface area contributed by atoms with E-state index in [4.69, 9.17) is 0 Å². The predicted molar refractivity (Wildman–Crippen MR) is 96.3 cm³/mol. The van der Waals surface area contributed by atoms with Gasteiger partial charge in [0.15, 0.2) is 0 Å². The van der Waals surface area contributed by atoms with Gasteiger partial charge in [0, 0.05) is 30.9 Å². The molecule has 4 saturated heterocycles. The number of fused-ring (bicyclic) bond motifs is 2. The zero-order chi connectivity index (χ0) is 17.7. The van der Waals surface area contributed by atoms with Crippen LogP contribution in [0.5, 0.6) is 0 Å². The third-order valence-electron chi connectivity index (χ3n) is 6.46. The van der Waals surface area contributed by atoms with Gasteiger partial charge in [0.2, 0.25) is 0 Å². The van der Waals surface area contributed by atoms with Crippen molar-refractivity contribution in [2.45, 2.75) is 30.8 Å². The van der Waals surface area contributed by atoms with Gasteiger partial charge in [0.25, 0.3) is 5.91 Å². The van der Waals surface area contributed by atoms with E-state index in [0.717, 1.165) is 31.5 Å². The number of carbonyl (C=O) groups excluding carboxylic acids is 1. The highest BCUT2D eigenvalue weighted by atomic mass is 19.1. The fourth-order valence-corrected chi connectivity index (χ4v) is 5.31. The standard InChI is InChI=1S/C21H22FN3O/c22-17-5-3-14(4-6-17)18-13-25(21(26)16-2-1-9-23-12-16)19-15-7-10-24(11-8-15)20(18)19/h1-6,9,12,15,18-20H,7-8,10-11,13H2/t18-,19+,20+/m1/s1. The smallest absolute Gasteiger partial charge is 0.255 e. The maximum atomic E-state index is 13.4. The summed E-state index contributed by atoms with van der Waals surface area (Å²) in [6.45, 7) is 2.92. The molecule has 3 atom stereocenters. The number of aromatic nitrogens is 1. The highest BCUT2D eigenvalue weighted by Gasteiger charge is 2.54. The second kappa shape index (κ2) is 6.16. The van der Waals surface area contributed by atoms with Gasteiger partial charge in [-0.2, -0.15) is 0 Å². The highest BCUT2D eigenvalue weighted by molar-refractivity contribution is 5.94. The number of carbonyl (C=O) groups is 1. The quantitative estimate of drug-likeness (QED) is 0.835. The zero-order valence-corrected chi connectivity index (χ0v) is 14.6. The molecule has 0 aliphatic carbocycles. The molecule has 0 unspecified atom stereocenters. The summed E-state index contributed by atoms with van der Waals surface area (Å²) in [6, 6.07) is 11.1. The molecule has 0 saturated carbocycles. The van der Waals surface area contributed by atoms with Crippen LogP contribution in [0, 0.1) is 11.7 Å². The summed E-state index contributed by atoms with van der Waals surface area (Å²) in [7, 11) is 0. The Morgan fingerprint density at radius 1 is 1.08 bits per heavy atom. The Bertz CT molecular complexity index is 802. The van der Waals surface area contributed by atoms with Crippen molar-refractivity contribution in [3.05, 3.63) is 65.7 Å². The first-order chi connectivity index (χ1) is 12.7. The van der Waals surface area contributed by atoms with Gasteiger partial charge in [0.1, 0.15) is 5.82 Å². The summed E-state index contributed by atoms with van der Waals surface area (Å²) in [5, 5.41) is 0. The summed E-state index contributed by atoms with van der Waals surface area (Å²) in [5.41, 5.74) is 1.79. The van der Waals surface area contributed by atoms with Crippen molar-refractivity contribution >= 4 is 5.91 Å². The van der Waals surface area contributed by atoms with Crippen molar-refractivity contribution < 1.29 is 9.18 Å². The van der Waals surface area contributed by atoms with E-state index in [1.54, 1.807) is 12.4 Å². The molecule has 26 heavy (non-hydrogen) atoms. The Hall–Kier alpha value is -2.27. The van der Waals surface area contributed by atoms with E-state index in [-0.39, 0.29) is 23.7 Å². The number of pyridine rings is 1. The average molecular weight is 351 g/mol. The molecule has 4 aliphatic rings. The van der Waals surface area contributed by atoms with E-state index >= 15 is 0 Å². The maximum Gasteiger partial charge on any atom is 0.255 e. The number of nitrogens with zero attached hydrogens (tertiary/aromatic N) is 3. The first kappa shape index (κ1) is 15.9. The Morgan fingerprint density at radius 2 is 1.85 bits per heavy atom. The van der Waals surface area contributed by atoms with E-state index in [9.17, 15) is 9.18 Å². The van der Waals surface area contributed by atoms with Crippen LogP contribution in [0.25, 0.3) is 0 Å². The molecule has 1 amide bonds. The molecule has 0 spiro atoms. The number of hydrogen-bond acceptors (Lipinski definition) is 3. The molecule has 0 radical (unpaired) electrons. The molecule has 2 aromatic rings. The normalized spacial score (nSPS) is 32.5. The summed E-state index contributed by atoms with van der Waals surface area (Å²) in [5.74, 6) is 0.670. The lowest BCUT2D eigenvalue weighted by atomic mass is 9.75. The van der Waals surface area contributed by atoms with Crippen LogP contribution in [0.15, 0.2) is 48.8 Å². The van der Waals surface area contributed by atoms with Crippen molar-refractivity contribution in [2.24, 2.45) is 5.92 Å². The molecule has 6 rings (SSSR count). The third kappa shape index (κ3) is 2.45. The van der Waals surface area contributed by atoms with E-state index < -0.39 is 0 Å². The Balaban J connectivity index is 1.52. The van der Waals surface area contributed by atoms with Gasteiger partial charge >= 0.3 is 0 Å². The summed E-state index contributed by atoms with van der Waals surface area (Å²) >= 11 is 0. The van der Waals surface area contributed by atoms with Crippen LogP contribution in [0.4, 0.5) is 4.39 Å². The van der Waals surface area contributed by atoms with Crippen LogP contribution in [-0.2, 0) is 0 Å². The number of benzene rings is 1. The monoisotopic (exact) mass is 351 g/mol. The van der Waals surface area contributed by atoms with Crippen molar-refractivity contribution in [3.63, 3.8) is 0 Å². The molecule has 134 valence electrons. The SMILES string of the molecule is O=C(c1cccnc1)N1C[C@H](c2ccc(F)cc2)[C@H]2[C@@H]1C1CCN2CC1. The van der Waals surface area contributed by atoms with E-state index in [1.165, 1.54) is 12.1 Å². The molecule has 0 N–H and O–H groups in total. The number of halogens is 1. The van der Waals surface area contributed by atoms with Gasteiger partial charge in [-0.15, -0.1) is 0 Å². The van der Waals surface area contributed by atoms with Gasteiger partial charge in [-0.3, -0.25) is 14.7 Å². The Kier molecular flexibility index (Phi) is 3.78. The number of piperidine rings is 3. The molecule has 1 aromatic heterocycles. The molecule has 2 bridgehead atoms. The molecule has 4 aliphatic heterocycles. The predicted octanol–water partition coefficient (Wildman–Crippen LogP) is 2.92. The number of rotatable bonds is 2. The molecule has 4 nitrogen and oxygen atoms in total. The molecule has 5 heterocycles. The van der Waals surface area contributed by atoms with E-state index in [1.807, 2.05) is 24.3 Å². The fourth-order valence-electron chi connectivity index (χ4n) is 5.31. The van der Waals surface area contributed by atoms with Gasteiger partial charge in [0.05, 0.1) is 11.6 Å². The van der Waals surface area contributed by atoms with Crippen LogP contribution >= 0.6 is 0 Å². The van der Waals surface area contributed by atoms with Gasteiger partial charge < -0.3 is 4.90 Å². The van der Waals surface area contributed by atoms with Crippen molar-refractivity contribution in [1.82, 2.24) is 14.8 Å². The average Bonchev–Trinajstić information content (AvgIpc) is 3.12. The minimum Gasteiger partial charge on any atom is -0.333 e. The van der Waals surface area contributed by atoms with Gasteiger partial charge in [-0.05, 0) is 61.7 Å². The van der Waals surface area contributed by atoms with Crippen molar-refractivity contribution in [1.29, 1.82) is 0 Å². The maximum absolute atomic E-state index is 13.4. The van der Waals surface area contributed by atoms with Gasteiger partial charge in [-0.1, -0.05) is 12.1 Å². The van der Waals surface area contributed by atoms with E-state index in [0.29, 0.717) is 24.1 Å². The van der Waals surface area contributed by atoms with Crippen LogP contribution in [0.1, 0.15) is 34.7 Å². The number of likely N-dealkylation sites (tertiary alicyclic amines) is 1. The highest BCUT2D eigenvalue weighted by Crippen LogP contribution is 2.46. The van der Waals surface area contributed by atoms with E-state index in [2.05, 4.69) is 14.8 Å². The number of hydrogen-bond donors (Lipinski definition) is 0. The lowest BCUT2D eigenvalue weighted by Gasteiger charge is -2.51. The molecular formula is C21H22FN3O. The van der Waals surface area contributed by atoms with Crippen LogP contribution in [0.2, 0.25) is 0 Å². The lowest BCUT2D eigenvalue weighted by Crippen LogP contribution is -2.60. The number of amides is 1. The third-order valence-corrected chi connectivity index (χ3v) is 6.46. The van der Waals surface area contributed by atoms with Crippen LogP contribution < -0.4 is 0 Å². The van der Waals surface area contributed by atoms with Crippen LogP contribution in [0.3, 0.4) is 0 Å². The molecule has 4 fully saturated rings. The topological polar surface area (TPSA) is 36.4 Å². The van der Waals surface area contributed by atoms with Crippen molar-refractivity contribution in [2.75, 3.05) is 19.6 Å². The summed E-state index contributed by atoms with van der Waals surface area (Å²) in [6.07, 6.45) is 5.67. The second-order valence-electron chi connectivity index (χ2n) is 7.71. The lowest BCUT2D eigenvalue weighted by molar-refractivity contribution is -0.00342. The van der Waals surface area contributed by atoms with Gasteiger partial charge in [-0.25, -0.2) is 4.39 Å². The summed E-state index contributed by atoms with van der Waals surface area (Å²) in [4.78, 5) is 22.0. The molecule has 5 heteroatoms. The molecule has 1 aromatic carbocycles. The molecular weight excluding hydrogens is 329 g/mol. The second-order valence-corrected chi connectivity index (χ2v) is 7.71. The van der Waals surface area contributed by atoms with Crippen molar-refractivity contribution in [3.8, 4) is 0 Å². The van der Waals surface area contributed by atoms with Crippen LogP contribution in [-0.4, -0.2) is 52.4 Å². The summed E-state index contributed by atoms with van der Waals surface area (Å²) < 4.78 is 13.4. The first-order valence-corrected chi connectivity index (χ1v) is 9.43. The first-order valence-electron chi connectivity index (χ1n) is 9.43. The minimum absolute atomic E-state index is 0.0754. The zero-order valence-electron chi connectivity index (χ0n) is 14.6.